The summed E-state index contributed by atoms with van der Waals surface area (Å²) in [4.78, 5) is 16.0. The molecule has 4 N–H and O–H groups in total. The maximum Gasteiger partial charge on any atom is 0.320 e. The number of nitrogens with zero attached hydrogens (tertiary/aromatic N) is 1. The van der Waals surface area contributed by atoms with Crippen molar-refractivity contribution in [2.45, 2.75) is 6.54 Å². The van der Waals surface area contributed by atoms with E-state index in [1.165, 1.54) is 0 Å². The molecule has 5 heteroatoms. The maximum atomic E-state index is 11.8. The number of nitrogens with one attached hydrogen (secondary N) is 2. The standard InChI is InChI=1S/C16H16N4O/c17-11-5-9-14-8-4-10-15(19-14)20-16(21)18-12-13-6-2-1-3-7-13/h1-4,6-8,10H,11-12,17H2,(H2,18,19,20,21). The zero-order chi connectivity index (χ0) is 14.9. The second-order valence-electron chi connectivity index (χ2n) is 4.21. The van der Waals surface area contributed by atoms with E-state index < -0.39 is 0 Å². The fourth-order valence-corrected chi connectivity index (χ4v) is 1.65. The number of amides is 2. The number of carbonyl (C=O) groups is 1. The SMILES string of the molecule is NCC#Cc1cccc(NC(=O)NCc2ccccc2)n1. The molecule has 5 nitrogen and oxygen atoms in total. The highest BCUT2D eigenvalue weighted by Crippen LogP contribution is 2.04. The number of aromatic nitrogens is 1. The van der Waals surface area contributed by atoms with Gasteiger partial charge in [0.15, 0.2) is 0 Å². The van der Waals surface area contributed by atoms with Crippen LogP contribution in [-0.2, 0) is 6.54 Å². The molecule has 0 aliphatic heterocycles. The summed E-state index contributed by atoms with van der Waals surface area (Å²) in [5.74, 6) is 5.99. The maximum absolute atomic E-state index is 11.8. The van der Waals surface area contributed by atoms with Crippen LogP contribution in [0.4, 0.5) is 10.6 Å². The predicted molar refractivity (Wildman–Crippen MR) is 82.5 cm³/mol. The summed E-state index contributed by atoms with van der Waals surface area (Å²) in [5, 5.41) is 5.43. The van der Waals surface area contributed by atoms with E-state index in [9.17, 15) is 4.79 Å². The first-order chi connectivity index (χ1) is 10.3. The fourth-order valence-electron chi connectivity index (χ4n) is 1.65. The van der Waals surface area contributed by atoms with Crippen molar-refractivity contribution >= 4 is 11.8 Å². The molecule has 106 valence electrons. The van der Waals surface area contributed by atoms with Gasteiger partial charge >= 0.3 is 6.03 Å². The van der Waals surface area contributed by atoms with Crippen LogP contribution in [0.1, 0.15) is 11.3 Å². The zero-order valence-corrected chi connectivity index (χ0v) is 11.5. The van der Waals surface area contributed by atoms with Crippen molar-refractivity contribution in [1.29, 1.82) is 0 Å². The predicted octanol–water partition coefficient (Wildman–Crippen LogP) is 1.71. The van der Waals surface area contributed by atoms with E-state index in [1.54, 1.807) is 18.2 Å². The highest BCUT2D eigenvalue weighted by atomic mass is 16.2. The number of pyridine rings is 1. The molecule has 1 aromatic carbocycles. The van der Waals surface area contributed by atoms with Gasteiger partial charge in [0.25, 0.3) is 0 Å². The molecule has 0 bridgehead atoms. The van der Waals surface area contributed by atoms with E-state index in [0.717, 1.165) is 5.56 Å². The molecule has 2 rings (SSSR count). The van der Waals surface area contributed by atoms with Crippen LogP contribution in [0.3, 0.4) is 0 Å². The number of anilines is 1. The van der Waals surface area contributed by atoms with Crippen LogP contribution in [0, 0.1) is 11.8 Å². The smallest absolute Gasteiger partial charge is 0.320 e. The first-order valence-corrected chi connectivity index (χ1v) is 6.52. The minimum atomic E-state index is -0.310. The van der Waals surface area contributed by atoms with Crippen LogP contribution in [-0.4, -0.2) is 17.6 Å². The van der Waals surface area contributed by atoms with E-state index in [-0.39, 0.29) is 12.6 Å². The molecule has 1 heterocycles. The summed E-state index contributed by atoms with van der Waals surface area (Å²) in [5.41, 5.74) is 6.91. The average molecular weight is 280 g/mol. The lowest BCUT2D eigenvalue weighted by Gasteiger charge is -2.07. The van der Waals surface area contributed by atoms with E-state index >= 15 is 0 Å². The Hall–Kier alpha value is -2.84. The molecule has 0 fully saturated rings. The van der Waals surface area contributed by atoms with Gasteiger partial charge in [-0.25, -0.2) is 9.78 Å². The number of hydrogen-bond donors (Lipinski definition) is 3. The monoisotopic (exact) mass is 280 g/mol. The van der Waals surface area contributed by atoms with Crippen molar-refractivity contribution in [3.05, 3.63) is 59.8 Å². The van der Waals surface area contributed by atoms with Crippen molar-refractivity contribution in [3.63, 3.8) is 0 Å². The van der Waals surface area contributed by atoms with Gasteiger partial charge in [0.1, 0.15) is 11.5 Å². The Bertz CT molecular complexity index is 659. The Morgan fingerprint density at radius 2 is 1.95 bits per heavy atom. The molecular weight excluding hydrogens is 264 g/mol. The minimum absolute atomic E-state index is 0.275. The fraction of sp³-hybridized carbons (Fsp3) is 0.125. The number of hydrogen-bond acceptors (Lipinski definition) is 3. The van der Waals surface area contributed by atoms with E-state index in [1.807, 2.05) is 30.3 Å². The van der Waals surface area contributed by atoms with Crippen molar-refractivity contribution in [3.8, 4) is 11.8 Å². The van der Waals surface area contributed by atoms with Gasteiger partial charge in [0.05, 0.1) is 6.54 Å². The molecule has 0 atom stereocenters. The van der Waals surface area contributed by atoms with Crippen LogP contribution in [0.15, 0.2) is 48.5 Å². The Balaban J connectivity index is 1.90. The molecule has 2 aromatic rings. The normalized spacial score (nSPS) is 9.38. The molecule has 2 amide bonds. The van der Waals surface area contributed by atoms with Crippen molar-refractivity contribution in [2.24, 2.45) is 5.73 Å². The summed E-state index contributed by atoms with van der Waals surface area (Å²) >= 11 is 0. The van der Waals surface area contributed by atoms with Gasteiger partial charge in [0, 0.05) is 6.54 Å². The molecule has 0 unspecified atom stereocenters. The van der Waals surface area contributed by atoms with Gasteiger partial charge in [-0.05, 0) is 23.6 Å². The summed E-state index contributed by atoms with van der Waals surface area (Å²) in [6.45, 7) is 0.732. The summed E-state index contributed by atoms with van der Waals surface area (Å²) in [6, 6.07) is 14.6. The van der Waals surface area contributed by atoms with E-state index in [2.05, 4.69) is 27.5 Å². The summed E-state index contributed by atoms with van der Waals surface area (Å²) in [6.07, 6.45) is 0. The van der Waals surface area contributed by atoms with Gasteiger partial charge in [-0.3, -0.25) is 5.32 Å². The molecule has 0 radical (unpaired) electrons. The highest BCUT2D eigenvalue weighted by Gasteiger charge is 2.02. The third-order valence-electron chi connectivity index (χ3n) is 2.61. The minimum Gasteiger partial charge on any atom is -0.334 e. The number of carbonyl (C=O) groups excluding carboxylic acids is 1. The van der Waals surface area contributed by atoms with Crippen LogP contribution in [0.2, 0.25) is 0 Å². The summed E-state index contributed by atoms with van der Waals surface area (Å²) in [7, 11) is 0. The van der Waals surface area contributed by atoms with Gasteiger partial charge in [-0.15, -0.1) is 0 Å². The average Bonchev–Trinajstić information content (AvgIpc) is 2.52. The number of nitrogens with two attached hydrogens (primary N) is 1. The lowest BCUT2D eigenvalue weighted by atomic mass is 10.2. The zero-order valence-electron chi connectivity index (χ0n) is 11.5. The van der Waals surface area contributed by atoms with Crippen molar-refractivity contribution in [2.75, 3.05) is 11.9 Å². The molecule has 0 spiro atoms. The van der Waals surface area contributed by atoms with Crippen LogP contribution >= 0.6 is 0 Å². The molecule has 0 saturated heterocycles. The Morgan fingerprint density at radius 3 is 2.71 bits per heavy atom. The number of rotatable bonds is 3. The van der Waals surface area contributed by atoms with Crippen LogP contribution in [0.5, 0.6) is 0 Å². The van der Waals surface area contributed by atoms with E-state index in [0.29, 0.717) is 18.1 Å². The highest BCUT2D eigenvalue weighted by molar-refractivity contribution is 5.88. The Kier molecular flexibility index (Phi) is 5.33. The van der Waals surface area contributed by atoms with Crippen molar-refractivity contribution in [1.82, 2.24) is 10.3 Å². The van der Waals surface area contributed by atoms with Crippen molar-refractivity contribution < 1.29 is 4.79 Å². The topological polar surface area (TPSA) is 80.0 Å². The first-order valence-electron chi connectivity index (χ1n) is 6.52. The molecule has 1 aromatic heterocycles. The van der Waals surface area contributed by atoms with Crippen LogP contribution in [0.25, 0.3) is 0 Å². The second-order valence-corrected chi connectivity index (χ2v) is 4.21. The third kappa shape index (κ3) is 4.97. The van der Waals surface area contributed by atoms with Gasteiger partial charge in [0.2, 0.25) is 0 Å². The number of urea groups is 1. The van der Waals surface area contributed by atoms with Gasteiger partial charge in [-0.1, -0.05) is 42.3 Å². The summed E-state index contributed by atoms with van der Waals surface area (Å²) < 4.78 is 0. The largest absolute Gasteiger partial charge is 0.334 e. The van der Waals surface area contributed by atoms with Gasteiger partial charge in [-0.2, -0.15) is 0 Å². The molecule has 21 heavy (non-hydrogen) atoms. The lowest BCUT2D eigenvalue weighted by molar-refractivity contribution is 0.251. The molecule has 0 saturated carbocycles. The molecule has 0 aliphatic rings. The van der Waals surface area contributed by atoms with Gasteiger partial charge < -0.3 is 11.1 Å². The third-order valence-corrected chi connectivity index (χ3v) is 2.61. The van der Waals surface area contributed by atoms with E-state index in [4.69, 9.17) is 5.73 Å². The Morgan fingerprint density at radius 1 is 1.14 bits per heavy atom. The first kappa shape index (κ1) is 14.6. The van der Waals surface area contributed by atoms with Crippen LogP contribution < -0.4 is 16.4 Å². The molecule has 0 aliphatic carbocycles. The quantitative estimate of drug-likeness (QED) is 0.749. The Labute approximate surface area is 123 Å². The lowest BCUT2D eigenvalue weighted by Crippen LogP contribution is -2.28. The molecular formula is C16H16N4O. The number of benzene rings is 1. The second kappa shape index (κ2) is 7.68.